The summed E-state index contributed by atoms with van der Waals surface area (Å²) >= 11 is 0. The lowest BCUT2D eigenvalue weighted by Gasteiger charge is -2.30. The zero-order chi connectivity index (χ0) is 12.0. The molecule has 0 bridgehead atoms. The van der Waals surface area contributed by atoms with Gasteiger partial charge in [-0.15, -0.1) is 0 Å². The number of phenols is 1. The normalized spacial score (nSPS) is 26.1. The van der Waals surface area contributed by atoms with Crippen molar-refractivity contribution < 1.29 is 14.6 Å². The van der Waals surface area contributed by atoms with Crippen molar-refractivity contribution in [2.45, 2.75) is 25.0 Å². The van der Waals surface area contributed by atoms with Crippen molar-refractivity contribution in [1.82, 2.24) is 0 Å². The molecule has 1 amide bonds. The summed E-state index contributed by atoms with van der Waals surface area (Å²) in [6.45, 7) is 3.69. The first-order valence-electron chi connectivity index (χ1n) is 5.65. The van der Waals surface area contributed by atoms with Crippen LogP contribution in [0.4, 0.5) is 10.5 Å². The van der Waals surface area contributed by atoms with E-state index in [1.807, 2.05) is 0 Å². The maximum atomic E-state index is 11.8. The Kier molecular flexibility index (Phi) is 2.11. The van der Waals surface area contributed by atoms with Gasteiger partial charge in [-0.1, -0.05) is 6.58 Å². The smallest absolute Gasteiger partial charge is 0.415 e. The van der Waals surface area contributed by atoms with Gasteiger partial charge in [-0.3, -0.25) is 4.90 Å². The number of aryl methyl sites for hydroxylation is 1. The number of carbonyl (C=O) groups is 1. The minimum atomic E-state index is -0.327. The number of benzene rings is 1. The van der Waals surface area contributed by atoms with E-state index in [1.54, 1.807) is 29.2 Å². The SMILES string of the molecule is C=C[C@@H]1OC(=O)N2c3ccc(O)cc3CC[C@H]12. The highest BCUT2D eigenvalue weighted by Gasteiger charge is 2.43. The Labute approximate surface area is 99.1 Å². The van der Waals surface area contributed by atoms with Crippen LogP contribution in [-0.4, -0.2) is 23.3 Å². The average Bonchev–Trinajstić information content (AvgIpc) is 2.66. The van der Waals surface area contributed by atoms with E-state index in [2.05, 4.69) is 6.58 Å². The quantitative estimate of drug-likeness (QED) is 0.754. The zero-order valence-electron chi connectivity index (χ0n) is 9.30. The number of aromatic hydroxyl groups is 1. The van der Waals surface area contributed by atoms with Gasteiger partial charge < -0.3 is 9.84 Å². The second-order valence-corrected chi connectivity index (χ2v) is 4.37. The highest BCUT2D eigenvalue weighted by Crippen LogP contribution is 2.38. The molecular formula is C13H13NO3. The van der Waals surface area contributed by atoms with Gasteiger partial charge in [0.2, 0.25) is 0 Å². The van der Waals surface area contributed by atoms with Crippen LogP contribution in [0.15, 0.2) is 30.9 Å². The van der Waals surface area contributed by atoms with Crippen LogP contribution in [0.3, 0.4) is 0 Å². The number of phenolic OH excluding ortho intramolecular Hbond substituents is 1. The Bertz CT molecular complexity index is 497. The Morgan fingerprint density at radius 2 is 2.35 bits per heavy atom. The number of nitrogens with zero attached hydrogens (tertiary/aromatic N) is 1. The summed E-state index contributed by atoms with van der Waals surface area (Å²) in [7, 11) is 0. The van der Waals surface area contributed by atoms with Crippen LogP contribution in [0.25, 0.3) is 0 Å². The molecule has 2 heterocycles. The first-order valence-corrected chi connectivity index (χ1v) is 5.65. The van der Waals surface area contributed by atoms with Gasteiger partial charge in [0, 0.05) is 0 Å². The third kappa shape index (κ3) is 1.40. The van der Waals surface area contributed by atoms with E-state index in [0.29, 0.717) is 0 Å². The van der Waals surface area contributed by atoms with Crippen LogP contribution in [0.5, 0.6) is 5.75 Å². The van der Waals surface area contributed by atoms with Crippen molar-refractivity contribution in [3.8, 4) is 5.75 Å². The van der Waals surface area contributed by atoms with Crippen LogP contribution in [0.1, 0.15) is 12.0 Å². The number of ether oxygens (including phenoxy) is 1. The van der Waals surface area contributed by atoms with Gasteiger partial charge >= 0.3 is 6.09 Å². The van der Waals surface area contributed by atoms with Gasteiger partial charge in [-0.25, -0.2) is 4.79 Å². The van der Waals surface area contributed by atoms with E-state index in [0.717, 1.165) is 24.1 Å². The lowest BCUT2D eigenvalue weighted by Crippen LogP contribution is -2.39. The summed E-state index contributed by atoms with van der Waals surface area (Å²) in [5.41, 5.74) is 1.83. The van der Waals surface area contributed by atoms with Crippen molar-refractivity contribution in [2.24, 2.45) is 0 Å². The van der Waals surface area contributed by atoms with Gasteiger partial charge in [-0.2, -0.15) is 0 Å². The molecule has 1 aromatic rings. The number of cyclic esters (lactones) is 1. The molecule has 0 radical (unpaired) electrons. The maximum absolute atomic E-state index is 11.8. The van der Waals surface area contributed by atoms with Gasteiger partial charge in [0.15, 0.2) is 0 Å². The number of hydrogen-bond donors (Lipinski definition) is 1. The fourth-order valence-corrected chi connectivity index (χ4v) is 2.62. The topological polar surface area (TPSA) is 49.8 Å². The first kappa shape index (κ1) is 10.2. The molecule has 1 saturated heterocycles. The number of fused-ring (bicyclic) bond motifs is 3. The molecule has 88 valence electrons. The van der Waals surface area contributed by atoms with E-state index in [9.17, 15) is 9.90 Å². The summed E-state index contributed by atoms with van der Waals surface area (Å²) < 4.78 is 5.25. The summed E-state index contributed by atoms with van der Waals surface area (Å²) in [6.07, 6.45) is 2.79. The number of rotatable bonds is 1. The van der Waals surface area contributed by atoms with Crippen LogP contribution < -0.4 is 4.90 Å². The maximum Gasteiger partial charge on any atom is 0.415 e. The van der Waals surface area contributed by atoms with Gasteiger partial charge in [-0.05, 0) is 42.7 Å². The highest BCUT2D eigenvalue weighted by atomic mass is 16.6. The fraction of sp³-hybridized carbons (Fsp3) is 0.308. The number of anilines is 1. The third-order valence-electron chi connectivity index (χ3n) is 3.41. The molecular weight excluding hydrogens is 218 g/mol. The lowest BCUT2D eigenvalue weighted by molar-refractivity contribution is 0.153. The second-order valence-electron chi connectivity index (χ2n) is 4.37. The van der Waals surface area contributed by atoms with E-state index in [1.165, 1.54) is 0 Å². The molecule has 1 N–H and O–H groups in total. The molecule has 2 aliphatic rings. The number of carbonyl (C=O) groups excluding carboxylic acids is 1. The molecule has 0 spiro atoms. The van der Waals surface area contributed by atoms with E-state index in [-0.39, 0.29) is 24.0 Å². The molecule has 4 heteroatoms. The molecule has 1 fully saturated rings. The molecule has 0 unspecified atom stereocenters. The largest absolute Gasteiger partial charge is 0.508 e. The van der Waals surface area contributed by atoms with Gasteiger partial charge in [0.25, 0.3) is 0 Å². The van der Waals surface area contributed by atoms with Crippen molar-refractivity contribution in [1.29, 1.82) is 0 Å². The Morgan fingerprint density at radius 3 is 3.12 bits per heavy atom. The summed E-state index contributed by atoms with van der Waals surface area (Å²) in [4.78, 5) is 13.5. The zero-order valence-corrected chi connectivity index (χ0v) is 9.30. The van der Waals surface area contributed by atoms with Crippen molar-refractivity contribution in [3.05, 3.63) is 36.4 Å². The average molecular weight is 231 g/mol. The first-order chi connectivity index (χ1) is 8.20. The third-order valence-corrected chi connectivity index (χ3v) is 3.41. The monoisotopic (exact) mass is 231 g/mol. The van der Waals surface area contributed by atoms with Crippen LogP contribution in [0.2, 0.25) is 0 Å². The van der Waals surface area contributed by atoms with Crippen molar-refractivity contribution in [3.63, 3.8) is 0 Å². The molecule has 0 aromatic heterocycles. The molecule has 0 aliphatic carbocycles. The summed E-state index contributed by atoms with van der Waals surface area (Å²) in [5.74, 6) is 0.232. The van der Waals surface area contributed by atoms with E-state index in [4.69, 9.17) is 4.74 Å². The van der Waals surface area contributed by atoms with Crippen LogP contribution in [0, 0.1) is 0 Å². The minimum absolute atomic E-state index is 0.0389. The van der Waals surface area contributed by atoms with Gasteiger partial charge in [0.1, 0.15) is 11.9 Å². The predicted molar refractivity (Wildman–Crippen MR) is 63.2 cm³/mol. The van der Waals surface area contributed by atoms with Gasteiger partial charge in [0.05, 0.1) is 11.7 Å². The van der Waals surface area contributed by atoms with Crippen molar-refractivity contribution in [2.75, 3.05) is 4.90 Å². The number of hydrogen-bond acceptors (Lipinski definition) is 3. The Morgan fingerprint density at radius 1 is 1.53 bits per heavy atom. The minimum Gasteiger partial charge on any atom is -0.508 e. The molecule has 3 rings (SSSR count). The van der Waals surface area contributed by atoms with Crippen LogP contribution >= 0.6 is 0 Å². The summed E-state index contributed by atoms with van der Waals surface area (Å²) in [6, 6.07) is 5.11. The van der Waals surface area contributed by atoms with Crippen molar-refractivity contribution >= 4 is 11.8 Å². The molecule has 4 nitrogen and oxygen atoms in total. The van der Waals surface area contributed by atoms with Crippen LogP contribution in [-0.2, 0) is 11.2 Å². The molecule has 0 saturated carbocycles. The second kappa shape index (κ2) is 3.52. The lowest BCUT2D eigenvalue weighted by atomic mass is 9.93. The number of amides is 1. The molecule has 2 atom stereocenters. The summed E-state index contributed by atoms with van der Waals surface area (Å²) in [5, 5.41) is 9.44. The Balaban J connectivity index is 2.06. The molecule has 1 aromatic carbocycles. The standard InChI is InChI=1S/C13H13NO3/c1-2-12-11-5-3-8-7-9(15)4-6-10(8)14(11)13(16)17-12/h2,4,6-7,11-12,15H,1,3,5H2/t11-,12+/m1/s1. The molecule has 2 aliphatic heterocycles. The molecule has 17 heavy (non-hydrogen) atoms. The fourth-order valence-electron chi connectivity index (χ4n) is 2.62. The Hall–Kier alpha value is -1.97. The predicted octanol–water partition coefficient (Wildman–Crippen LogP) is 2.22. The van der Waals surface area contributed by atoms with E-state index >= 15 is 0 Å². The highest BCUT2D eigenvalue weighted by molar-refractivity contribution is 5.92. The van der Waals surface area contributed by atoms with E-state index < -0.39 is 0 Å².